The first-order chi connectivity index (χ1) is 7.15. The molecule has 0 atom stereocenters. The van der Waals surface area contributed by atoms with Gasteiger partial charge in [0.1, 0.15) is 5.82 Å². The van der Waals surface area contributed by atoms with Crippen molar-refractivity contribution in [3.63, 3.8) is 0 Å². The molecule has 1 aromatic rings. The van der Waals surface area contributed by atoms with Gasteiger partial charge in [0.2, 0.25) is 0 Å². The van der Waals surface area contributed by atoms with Crippen LogP contribution in [0.15, 0.2) is 18.2 Å². The number of amides is 1. The minimum absolute atomic E-state index is 0.130. The zero-order valence-corrected chi connectivity index (χ0v) is 8.42. The zero-order valence-electron chi connectivity index (χ0n) is 8.42. The largest absolute Gasteiger partial charge is 0.398 e. The highest BCUT2D eigenvalue weighted by molar-refractivity contribution is 5.99. The molecule has 15 heavy (non-hydrogen) atoms. The predicted octanol–water partition coefficient (Wildman–Crippen LogP) is 0.784. The molecule has 0 aromatic heterocycles. The number of nitrogens with one attached hydrogen (secondary N) is 1. The molecule has 1 rings (SSSR count). The number of methoxy groups -OCH3 is 1. The molecule has 0 radical (unpaired) electrons. The van der Waals surface area contributed by atoms with Gasteiger partial charge in [-0.15, -0.1) is 0 Å². The van der Waals surface area contributed by atoms with Crippen LogP contribution in [-0.2, 0) is 4.74 Å². The van der Waals surface area contributed by atoms with Crippen LogP contribution >= 0.6 is 0 Å². The van der Waals surface area contributed by atoms with Crippen molar-refractivity contribution in [1.82, 2.24) is 5.32 Å². The molecule has 0 bridgehead atoms. The fraction of sp³-hybridized carbons (Fsp3) is 0.300. The Morgan fingerprint density at radius 2 is 2.33 bits per heavy atom. The van der Waals surface area contributed by atoms with Crippen LogP contribution in [0.3, 0.4) is 0 Å². The second-order valence-electron chi connectivity index (χ2n) is 2.98. The van der Waals surface area contributed by atoms with E-state index in [4.69, 9.17) is 10.5 Å². The number of nitrogens with two attached hydrogens (primary N) is 1. The molecule has 0 aliphatic rings. The SMILES string of the molecule is COCCNC(=O)c1ccc(F)cc1N. The summed E-state index contributed by atoms with van der Waals surface area (Å²) in [5.41, 5.74) is 5.89. The summed E-state index contributed by atoms with van der Waals surface area (Å²) in [6, 6.07) is 3.67. The van der Waals surface area contributed by atoms with Gasteiger partial charge < -0.3 is 15.8 Å². The smallest absolute Gasteiger partial charge is 0.253 e. The van der Waals surface area contributed by atoms with E-state index in [1.165, 1.54) is 12.1 Å². The normalized spacial score (nSPS) is 10.0. The Hall–Kier alpha value is -1.62. The van der Waals surface area contributed by atoms with Gasteiger partial charge in [0.05, 0.1) is 12.2 Å². The number of ether oxygens (including phenoxy) is 1. The van der Waals surface area contributed by atoms with Crippen LogP contribution in [0, 0.1) is 5.82 Å². The van der Waals surface area contributed by atoms with E-state index in [9.17, 15) is 9.18 Å². The standard InChI is InChI=1S/C10H13FN2O2/c1-15-5-4-13-10(14)8-3-2-7(11)6-9(8)12/h2-3,6H,4-5,12H2,1H3,(H,13,14). The molecule has 1 aromatic carbocycles. The maximum atomic E-state index is 12.7. The van der Waals surface area contributed by atoms with Crippen molar-refractivity contribution in [3.8, 4) is 0 Å². The van der Waals surface area contributed by atoms with Gasteiger partial charge in [-0.2, -0.15) is 0 Å². The van der Waals surface area contributed by atoms with Crippen molar-refractivity contribution in [3.05, 3.63) is 29.6 Å². The van der Waals surface area contributed by atoms with Gasteiger partial charge in [0.25, 0.3) is 5.91 Å². The number of hydrogen-bond donors (Lipinski definition) is 2. The van der Waals surface area contributed by atoms with E-state index in [0.29, 0.717) is 13.2 Å². The van der Waals surface area contributed by atoms with E-state index >= 15 is 0 Å². The fourth-order valence-corrected chi connectivity index (χ4v) is 1.10. The lowest BCUT2D eigenvalue weighted by Crippen LogP contribution is -2.27. The van der Waals surface area contributed by atoms with Gasteiger partial charge >= 0.3 is 0 Å². The van der Waals surface area contributed by atoms with Crippen LogP contribution in [0.4, 0.5) is 10.1 Å². The monoisotopic (exact) mass is 212 g/mol. The third-order valence-corrected chi connectivity index (χ3v) is 1.85. The average Bonchev–Trinajstić information content (AvgIpc) is 2.17. The molecule has 82 valence electrons. The molecule has 5 heteroatoms. The molecule has 4 nitrogen and oxygen atoms in total. The molecule has 0 aliphatic carbocycles. The number of carbonyl (C=O) groups is 1. The summed E-state index contributed by atoms with van der Waals surface area (Å²) in [5.74, 6) is -0.787. The van der Waals surface area contributed by atoms with Crippen LogP contribution in [0.25, 0.3) is 0 Å². The molecule has 3 N–H and O–H groups in total. The van der Waals surface area contributed by atoms with E-state index in [0.717, 1.165) is 6.07 Å². The van der Waals surface area contributed by atoms with E-state index in [1.807, 2.05) is 0 Å². The molecule has 0 unspecified atom stereocenters. The third-order valence-electron chi connectivity index (χ3n) is 1.85. The first kappa shape index (κ1) is 11.5. The Bertz CT molecular complexity index is 355. The predicted molar refractivity (Wildman–Crippen MR) is 55.0 cm³/mol. The summed E-state index contributed by atoms with van der Waals surface area (Å²) in [5, 5.41) is 2.59. The lowest BCUT2D eigenvalue weighted by atomic mass is 10.1. The second kappa shape index (κ2) is 5.31. The molecule has 0 saturated carbocycles. The van der Waals surface area contributed by atoms with Crippen molar-refractivity contribution in [2.45, 2.75) is 0 Å². The van der Waals surface area contributed by atoms with Gasteiger partial charge in [-0.05, 0) is 18.2 Å². The lowest BCUT2D eigenvalue weighted by molar-refractivity contribution is 0.0938. The number of halogens is 1. The number of nitrogen functional groups attached to an aromatic ring is 1. The topological polar surface area (TPSA) is 64.3 Å². The summed E-state index contributed by atoms with van der Waals surface area (Å²) < 4.78 is 17.5. The van der Waals surface area contributed by atoms with Gasteiger partial charge in [-0.3, -0.25) is 4.79 Å². The molecule has 0 aliphatic heterocycles. The summed E-state index contributed by atoms with van der Waals surface area (Å²) in [6.45, 7) is 0.818. The first-order valence-electron chi connectivity index (χ1n) is 4.47. The zero-order chi connectivity index (χ0) is 11.3. The van der Waals surface area contributed by atoms with E-state index in [2.05, 4.69) is 5.32 Å². The summed E-state index contributed by atoms with van der Waals surface area (Å²) in [4.78, 5) is 11.5. The quantitative estimate of drug-likeness (QED) is 0.572. The molecule has 1 amide bonds. The molecule has 0 heterocycles. The molecular weight excluding hydrogens is 199 g/mol. The highest BCUT2D eigenvalue weighted by Crippen LogP contribution is 2.12. The summed E-state index contributed by atoms with van der Waals surface area (Å²) >= 11 is 0. The van der Waals surface area contributed by atoms with Gasteiger partial charge in [-0.25, -0.2) is 4.39 Å². The Morgan fingerprint density at radius 1 is 1.60 bits per heavy atom. The molecular formula is C10H13FN2O2. The van der Waals surface area contributed by atoms with Crippen LogP contribution in [-0.4, -0.2) is 26.2 Å². The first-order valence-corrected chi connectivity index (χ1v) is 4.47. The minimum atomic E-state index is -0.457. The van der Waals surface area contributed by atoms with E-state index in [1.54, 1.807) is 7.11 Å². The van der Waals surface area contributed by atoms with Crippen LogP contribution < -0.4 is 11.1 Å². The Balaban J connectivity index is 2.65. The number of rotatable bonds is 4. The summed E-state index contributed by atoms with van der Waals surface area (Å²) in [6.07, 6.45) is 0. The van der Waals surface area contributed by atoms with Crippen LogP contribution in [0.5, 0.6) is 0 Å². The maximum Gasteiger partial charge on any atom is 0.253 e. The fourth-order valence-electron chi connectivity index (χ4n) is 1.10. The number of hydrogen-bond acceptors (Lipinski definition) is 3. The molecule has 0 spiro atoms. The number of benzene rings is 1. The second-order valence-corrected chi connectivity index (χ2v) is 2.98. The maximum absolute atomic E-state index is 12.7. The van der Waals surface area contributed by atoms with Gasteiger partial charge in [0, 0.05) is 19.3 Å². The van der Waals surface area contributed by atoms with Crippen LogP contribution in [0.2, 0.25) is 0 Å². The third kappa shape index (κ3) is 3.21. The summed E-state index contributed by atoms with van der Waals surface area (Å²) in [7, 11) is 1.54. The molecule has 0 fully saturated rings. The van der Waals surface area contributed by atoms with Gasteiger partial charge in [-0.1, -0.05) is 0 Å². The van der Waals surface area contributed by atoms with Crippen molar-refractivity contribution in [2.24, 2.45) is 0 Å². The highest BCUT2D eigenvalue weighted by atomic mass is 19.1. The Labute approximate surface area is 87.2 Å². The molecule has 0 saturated heterocycles. The van der Waals surface area contributed by atoms with Crippen molar-refractivity contribution in [2.75, 3.05) is 26.0 Å². The van der Waals surface area contributed by atoms with E-state index < -0.39 is 5.82 Å². The van der Waals surface area contributed by atoms with Crippen molar-refractivity contribution in [1.29, 1.82) is 0 Å². The lowest BCUT2D eigenvalue weighted by Gasteiger charge is -2.06. The van der Waals surface area contributed by atoms with Gasteiger partial charge in [0.15, 0.2) is 0 Å². The van der Waals surface area contributed by atoms with Crippen LogP contribution in [0.1, 0.15) is 10.4 Å². The Morgan fingerprint density at radius 3 is 2.93 bits per heavy atom. The average molecular weight is 212 g/mol. The number of carbonyl (C=O) groups excluding carboxylic acids is 1. The minimum Gasteiger partial charge on any atom is -0.398 e. The number of anilines is 1. The van der Waals surface area contributed by atoms with Crippen molar-refractivity contribution >= 4 is 11.6 Å². The van der Waals surface area contributed by atoms with Crippen molar-refractivity contribution < 1.29 is 13.9 Å². The Kier molecular flexibility index (Phi) is 4.05. The van der Waals surface area contributed by atoms with E-state index in [-0.39, 0.29) is 17.2 Å². The highest BCUT2D eigenvalue weighted by Gasteiger charge is 2.09.